The van der Waals surface area contributed by atoms with Gasteiger partial charge in [0, 0.05) is 39.3 Å². The van der Waals surface area contributed by atoms with E-state index < -0.39 is 35.1 Å². The zero-order chi connectivity index (χ0) is 31.9. The van der Waals surface area contributed by atoms with E-state index in [9.17, 15) is 35.9 Å². The van der Waals surface area contributed by atoms with Gasteiger partial charge < -0.3 is 15.3 Å². The molecule has 2 saturated heterocycles. The molecule has 2 N–H and O–H groups in total. The van der Waals surface area contributed by atoms with Crippen molar-refractivity contribution in [2.24, 2.45) is 18.9 Å². The van der Waals surface area contributed by atoms with Crippen LogP contribution in [0.3, 0.4) is 0 Å². The highest BCUT2D eigenvalue weighted by Gasteiger charge is 2.40. The third kappa shape index (κ3) is 6.73. The summed E-state index contributed by atoms with van der Waals surface area (Å²) in [5.74, 6) is -1.50. The largest absolute Gasteiger partial charge is 0.490 e. The number of aryl methyl sites for hydroxylation is 1. The number of rotatable bonds is 6. The van der Waals surface area contributed by atoms with Gasteiger partial charge in [0.05, 0.1) is 12.1 Å². The van der Waals surface area contributed by atoms with Crippen molar-refractivity contribution in [2.45, 2.75) is 58.2 Å². The Kier molecular flexibility index (Phi) is 9.00. The second-order valence-corrected chi connectivity index (χ2v) is 11.1. The number of carboxylic acid groups (broad SMARTS) is 1. The van der Waals surface area contributed by atoms with Crippen molar-refractivity contribution in [1.82, 2.24) is 24.0 Å². The number of halogens is 6. The first-order chi connectivity index (χ1) is 20.0. The van der Waals surface area contributed by atoms with Crippen molar-refractivity contribution in [3.05, 3.63) is 56.2 Å². The highest BCUT2D eigenvalue weighted by atomic mass is 19.4. The summed E-state index contributed by atoms with van der Waals surface area (Å²) in [5, 5.41) is 10.5. The lowest BCUT2D eigenvalue weighted by atomic mass is 10.1. The van der Waals surface area contributed by atoms with Crippen LogP contribution in [0.5, 0.6) is 0 Å². The van der Waals surface area contributed by atoms with E-state index in [0.29, 0.717) is 29.8 Å². The van der Waals surface area contributed by atoms with Crippen molar-refractivity contribution in [3.63, 3.8) is 0 Å². The molecule has 2 aliphatic heterocycles. The molecule has 236 valence electrons. The first-order valence-corrected chi connectivity index (χ1v) is 13.6. The van der Waals surface area contributed by atoms with Crippen LogP contribution in [0.4, 0.5) is 32.3 Å². The van der Waals surface area contributed by atoms with E-state index in [4.69, 9.17) is 14.9 Å². The normalized spacial score (nSPS) is 18.7. The minimum Gasteiger partial charge on any atom is -0.475 e. The van der Waals surface area contributed by atoms with Gasteiger partial charge in [0.1, 0.15) is 0 Å². The first kappa shape index (κ1) is 32.1. The quantitative estimate of drug-likeness (QED) is 0.407. The molecule has 2 fully saturated rings. The summed E-state index contributed by atoms with van der Waals surface area (Å²) < 4.78 is 76.3. The lowest BCUT2D eigenvalue weighted by molar-refractivity contribution is -0.192. The Hall–Kier alpha value is -3.82. The Morgan fingerprint density at radius 3 is 2.40 bits per heavy atom. The zero-order valence-electron chi connectivity index (χ0n) is 23.7. The van der Waals surface area contributed by atoms with E-state index in [-0.39, 0.29) is 30.3 Å². The highest BCUT2D eigenvalue weighted by molar-refractivity contribution is 5.75. The van der Waals surface area contributed by atoms with Gasteiger partial charge in [-0.05, 0) is 42.4 Å². The van der Waals surface area contributed by atoms with Crippen LogP contribution < -0.4 is 21.5 Å². The van der Waals surface area contributed by atoms with Crippen LogP contribution >= 0.6 is 0 Å². The molecule has 0 bridgehead atoms. The van der Waals surface area contributed by atoms with E-state index in [1.54, 1.807) is 17.7 Å². The molecular weight excluding hydrogens is 586 g/mol. The third-order valence-corrected chi connectivity index (χ3v) is 7.68. The van der Waals surface area contributed by atoms with Crippen LogP contribution in [-0.2, 0) is 31.1 Å². The summed E-state index contributed by atoms with van der Waals surface area (Å²) in [6.45, 7) is 6.74. The minimum atomic E-state index is -5.08. The molecule has 16 heteroatoms. The van der Waals surface area contributed by atoms with E-state index in [0.717, 1.165) is 38.2 Å². The van der Waals surface area contributed by atoms with Gasteiger partial charge in [-0.1, -0.05) is 26.0 Å². The molecule has 3 aromatic rings. The number of anilines is 1. The van der Waals surface area contributed by atoms with Crippen LogP contribution in [0.25, 0.3) is 11.2 Å². The molecule has 0 spiro atoms. The summed E-state index contributed by atoms with van der Waals surface area (Å²) in [5.41, 5.74) is -0.739. The third-order valence-electron chi connectivity index (χ3n) is 7.68. The second kappa shape index (κ2) is 12.1. The topological polar surface area (TPSA) is 114 Å². The van der Waals surface area contributed by atoms with Crippen LogP contribution in [-0.4, -0.2) is 61.6 Å². The maximum Gasteiger partial charge on any atom is 0.490 e. The van der Waals surface area contributed by atoms with Gasteiger partial charge in [0.25, 0.3) is 5.56 Å². The monoisotopic (exact) mass is 618 g/mol. The van der Waals surface area contributed by atoms with E-state index in [1.807, 2.05) is 13.8 Å². The molecular formula is C27H32F6N6O4. The van der Waals surface area contributed by atoms with E-state index in [1.165, 1.54) is 15.2 Å². The molecule has 2 aliphatic rings. The van der Waals surface area contributed by atoms with Crippen LogP contribution in [0.1, 0.15) is 37.8 Å². The molecule has 0 saturated carbocycles. The molecule has 4 heterocycles. The number of aromatic nitrogens is 4. The second-order valence-electron chi connectivity index (χ2n) is 11.1. The van der Waals surface area contributed by atoms with Crippen LogP contribution in [0, 0.1) is 11.8 Å². The van der Waals surface area contributed by atoms with E-state index >= 15 is 0 Å². The Balaban J connectivity index is 0.000000541. The average Bonchev–Trinajstić information content (AvgIpc) is 3.62. The molecule has 2 unspecified atom stereocenters. The molecule has 2 aromatic heterocycles. The maximum atomic E-state index is 13.7. The summed E-state index contributed by atoms with van der Waals surface area (Å²) >= 11 is 0. The standard InChI is InChI=1S/C25H31F3N6O2.C2HF3O2/c1-15(2)7-9-33-22(35)20-21(31(3)24(33)36)30-23(32-10-8-17-12-29-13-19(17)32)34(20)14-16-5-4-6-18(11-16)25(26,27)28;3-2(4,5)1(6)7/h4-6,11,15,17,19,29H,7-10,12-14H2,1-3H3;(H,6,7). The number of fused-ring (bicyclic) bond motifs is 2. The smallest absolute Gasteiger partial charge is 0.475 e. The van der Waals surface area contributed by atoms with Crippen molar-refractivity contribution in [2.75, 3.05) is 24.5 Å². The fraction of sp³-hybridized carbons (Fsp3) is 0.556. The predicted octanol–water partition coefficient (Wildman–Crippen LogP) is 3.44. The van der Waals surface area contributed by atoms with Gasteiger partial charge in [-0.25, -0.2) is 9.59 Å². The number of benzene rings is 1. The molecule has 43 heavy (non-hydrogen) atoms. The van der Waals surface area contributed by atoms with Crippen molar-refractivity contribution in [1.29, 1.82) is 0 Å². The molecule has 1 aromatic carbocycles. The maximum absolute atomic E-state index is 13.7. The number of alkyl halides is 6. The summed E-state index contributed by atoms with van der Waals surface area (Å²) in [7, 11) is 1.59. The lowest BCUT2D eigenvalue weighted by Crippen LogP contribution is -2.40. The molecule has 0 aliphatic carbocycles. The number of nitrogens with zero attached hydrogens (tertiary/aromatic N) is 5. The average molecular weight is 619 g/mol. The number of aliphatic carboxylic acids is 1. The molecule has 5 rings (SSSR count). The van der Waals surface area contributed by atoms with Gasteiger partial charge in [-0.15, -0.1) is 0 Å². The van der Waals surface area contributed by atoms with Crippen molar-refractivity contribution >= 4 is 23.1 Å². The van der Waals surface area contributed by atoms with Crippen molar-refractivity contribution < 1.29 is 36.2 Å². The zero-order valence-corrected chi connectivity index (χ0v) is 23.7. The molecule has 2 atom stereocenters. The molecule has 0 radical (unpaired) electrons. The highest BCUT2D eigenvalue weighted by Crippen LogP contribution is 2.34. The summed E-state index contributed by atoms with van der Waals surface area (Å²) in [6, 6.07) is 5.32. The lowest BCUT2D eigenvalue weighted by Gasteiger charge is -2.25. The molecule has 0 amide bonds. The summed E-state index contributed by atoms with van der Waals surface area (Å²) in [6.07, 6.45) is -7.94. The fourth-order valence-electron chi connectivity index (χ4n) is 5.44. The van der Waals surface area contributed by atoms with Crippen molar-refractivity contribution in [3.8, 4) is 0 Å². The number of hydrogen-bond donors (Lipinski definition) is 2. The number of hydrogen-bond acceptors (Lipinski definition) is 6. The fourth-order valence-corrected chi connectivity index (χ4v) is 5.44. The predicted molar refractivity (Wildman–Crippen MR) is 145 cm³/mol. The number of carboxylic acids is 1. The summed E-state index contributed by atoms with van der Waals surface area (Å²) in [4.78, 5) is 42.6. The van der Waals surface area contributed by atoms with Gasteiger partial charge in [-0.2, -0.15) is 31.3 Å². The van der Waals surface area contributed by atoms with Gasteiger partial charge in [0.2, 0.25) is 5.95 Å². The molecule has 10 nitrogen and oxygen atoms in total. The Morgan fingerprint density at radius 1 is 1.12 bits per heavy atom. The number of nitrogens with one attached hydrogen (secondary N) is 1. The SMILES string of the molecule is CC(C)CCn1c(=O)c2c(nc(N3CCC4CNCC43)n2Cc2cccc(C(F)(F)F)c2)n(C)c1=O.O=C(O)C(F)(F)F. The number of carbonyl (C=O) groups is 1. The Labute approximate surface area is 241 Å². The van der Waals surface area contributed by atoms with Gasteiger partial charge >= 0.3 is 24.0 Å². The number of imidazole rings is 1. The van der Waals surface area contributed by atoms with Crippen LogP contribution in [0.2, 0.25) is 0 Å². The van der Waals surface area contributed by atoms with E-state index in [2.05, 4.69) is 10.2 Å². The Bertz CT molecular complexity index is 1610. The van der Waals surface area contributed by atoms with Crippen LogP contribution in [0.15, 0.2) is 33.9 Å². The Morgan fingerprint density at radius 2 is 1.79 bits per heavy atom. The van der Waals surface area contributed by atoms with Gasteiger partial charge in [0.15, 0.2) is 11.2 Å². The minimum absolute atomic E-state index is 0.0364. The first-order valence-electron chi connectivity index (χ1n) is 13.6. The van der Waals surface area contributed by atoms with Gasteiger partial charge in [-0.3, -0.25) is 18.5 Å².